The molecule has 1 saturated heterocycles. The summed E-state index contributed by atoms with van der Waals surface area (Å²) < 4.78 is 27.4. The van der Waals surface area contributed by atoms with Crippen LogP contribution in [-0.2, 0) is 16.4 Å². The number of nitrogens with zero attached hydrogens (tertiary/aromatic N) is 3. The van der Waals surface area contributed by atoms with Crippen molar-refractivity contribution in [1.82, 2.24) is 9.29 Å². The molecule has 0 radical (unpaired) electrons. The number of sulfonamides is 1. The maximum atomic E-state index is 12.9. The molecule has 3 aromatic rings. The lowest BCUT2D eigenvalue weighted by Gasteiger charge is -2.33. The van der Waals surface area contributed by atoms with Crippen molar-refractivity contribution in [2.45, 2.75) is 32.1 Å². The lowest BCUT2D eigenvalue weighted by atomic mass is 10.0. The summed E-state index contributed by atoms with van der Waals surface area (Å²) in [5, 5.41) is 3.08. The van der Waals surface area contributed by atoms with Gasteiger partial charge in [0.15, 0.2) is 5.13 Å². The SMILES string of the molecule is Cc1ccc(S(=O)(=O)N2CCN(c3nc(Cc4ccc(C)c(C)c4)cs3)CC2)cc1. The summed E-state index contributed by atoms with van der Waals surface area (Å²) >= 11 is 1.64. The zero-order valence-corrected chi connectivity index (χ0v) is 19.3. The van der Waals surface area contributed by atoms with Crippen LogP contribution in [0.2, 0.25) is 0 Å². The molecule has 1 aliphatic rings. The third-order valence-corrected chi connectivity index (χ3v) is 8.53. The normalized spacial score (nSPS) is 15.5. The van der Waals surface area contributed by atoms with Crippen molar-refractivity contribution in [3.05, 3.63) is 75.8 Å². The van der Waals surface area contributed by atoms with E-state index in [2.05, 4.69) is 42.3 Å². The molecule has 4 rings (SSSR count). The predicted octanol–water partition coefficient (Wildman–Crippen LogP) is 4.17. The van der Waals surface area contributed by atoms with Gasteiger partial charge in [-0.25, -0.2) is 13.4 Å². The van der Waals surface area contributed by atoms with E-state index in [1.807, 2.05) is 19.1 Å². The Hall–Kier alpha value is -2.22. The van der Waals surface area contributed by atoms with Crippen LogP contribution in [0.5, 0.6) is 0 Å². The first-order valence-electron chi connectivity index (χ1n) is 10.2. The summed E-state index contributed by atoms with van der Waals surface area (Å²) in [5.41, 5.74) is 5.99. The standard InChI is InChI=1S/C23H27N3O2S2/c1-17-4-8-22(9-5-17)30(27,28)26-12-10-25(11-13-26)23-24-21(16-29-23)15-20-7-6-18(2)19(3)14-20/h4-9,14,16H,10-13,15H2,1-3H3. The van der Waals surface area contributed by atoms with Gasteiger partial charge in [0.25, 0.3) is 0 Å². The van der Waals surface area contributed by atoms with E-state index in [1.165, 1.54) is 16.7 Å². The van der Waals surface area contributed by atoms with Crippen LogP contribution < -0.4 is 4.90 Å². The quantitative estimate of drug-likeness (QED) is 0.596. The molecule has 0 saturated carbocycles. The summed E-state index contributed by atoms with van der Waals surface area (Å²) in [7, 11) is -3.44. The highest BCUT2D eigenvalue weighted by Crippen LogP contribution is 2.25. The van der Waals surface area contributed by atoms with Gasteiger partial charge in [-0.2, -0.15) is 4.31 Å². The van der Waals surface area contributed by atoms with Crippen molar-refractivity contribution in [1.29, 1.82) is 0 Å². The van der Waals surface area contributed by atoms with Gasteiger partial charge >= 0.3 is 0 Å². The minimum absolute atomic E-state index is 0.367. The van der Waals surface area contributed by atoms with Crippen molar-refractivity contribution in [3.8, 4) is 0 Å². The van der Waals surface area contributed by atoms with Crippen molar-refractivity contribution in [2.75, 3.05) is 31.1 Å². The van der Waals surface area contributed by atoms with Gasteiger partial charge in [-0.05, 0) is 49.6 Å². The van der Waals surface area contributed by atoms with E-state index in [4.69, 9.17) is 4.98 Å². The van der Waals surface area contributed by atoms with Crippen LogP contribution in [0, 0.1) is 20.8 Å². The van der Waals surface area contributed by atoms with E-state index in [1.54, 1.807) is 27.8 Å². The minimum Gasteiger partial charge on any atom is -0.345 e. The van der Waals surface area contributed by atoms with Crippen LogP contribution in [0.25, 0.3) is 0 Å². The number of rotatable bonds is 5. The molecule has 0 atom stereocenters. The van der Waals surface area contributed by atoms with Crippen LogP contribution in [0.15, 0.2) is 52.7 Å². The fraction of sp³-hybridized carbons (Fsp3) is 0.348. The highest BCUT2D eigenvalue weighted by Gasteiger charge is 2.29. The number of hydrogen-bond acceptors (Lipinski definition) is 5. The Kier molecular flexibility index (Phi) is 5.95. The molecule has 1 fully saturated rings. The van der Waals surface area contributed by atoms with E-state index in [0.717, 1.165) is 22.8 Å². The van der Waals surface area contributed by atoms with Gasteiger partial charge in [0, 0.05) is 38.0 Å². The fourth-order valence-corrected chi connectivity index (χ4v) is 5.93. The highest BCUT2D eigenvalue weighted by atomic mass is 32.2. The number of aromatic nitrogens is 1. The molecule has 5 nitrogen and oxygen atoms in total. The second-order valence-corrected chi connectivity index (χ2v) is 10.7. The second-order valence-electron chi connectivity index (χ2n) is 7.92. The lowest BCUT2D eigenvalue weighted by Crippen LogP contribution is -2.48. The summed E-state index contributed by atoms with van der Waals surface area (Å²) in [6.45, 7) is 8.47. The van der Waals surface area contributed by atoms with Crippen LogP contribution in [0.3, 0.4) is 0 Å². The van der Waals surface area contributed by atoms with Crippen LogP contribution >= 0.6 is 11.3 Å². The number of benzene rings is 2. The van der Waals surface area contributed by atoms with E-state index < -0.39 is 10.0 Å². The molecule has 30 heavy (non-hydrogen) atoms. The Morgan fingerprint density at radius 2 is 1.63 bits per heavy atom. The molecule has 0 N–H and O–H groups in total. The van der Waals surface area contributed by atoms with Crippen LogP contribution in [-0.4, -0.2) is 43.9 Å². The Balaban J connectivity index is 1.40. The lowest BCUT2D eigenvalue weighted by molar-refractivity contribution is 0.384. The minimum atomic E-state index is -3.44. The largest absolute Gasteiger partial charge is 0.345 e. The summed E-state index contributed by atoms with van der Waals surface area (Å²) in [6.07, 6.45) is 0.819. The van der Waals surface area contributed by atoms with Gasteiger partial charge in [-0.15, -0.1) is 11.3 Å². The molecule has 2 aromatic carbocycles. The molecule has 2 heterocycles. The Bertz CT molecular complexity index is 1130. The third-order valence-electron chi connectivity index (χ3n) is 5.66. The van der Waals surface area contributed by atoms with Crippen molar-refractivity contribution >= 4 is 26.5 Å². The average Bonchev–Trinajstić information content (AvgIpc) is 3.20. The number of anilines is 1. The van der Waals surface area contributed by atoms with Crippen LogP contribution in [0.1, 0.15) is 27.9 Å². The van der Waals surface area contributed by atoms with E-state index in [0.29, 0.717) is 31.1 Å². The van der Waals surface area contributed by atoms with Gasteiger partial charge in [0.1, 0.15) is 0 Å². The monoisotopic (exact) mass is 441 g/mol. The van der Waals surface area contributed by atoms with Gasteiger partial charge in [0.05, 0.1) is 10.6 Å². The molecule has 1 aromatic heterocycles. The maximum absolute atomic E-state index is 12.9. The molecule has 0 spiro atoms. The van der Waals surface area contributed by atoms with Crippen molar-refractivity contribution in [2.24, 2.45) is 0 Å². The Morgan fingerprint density at radius 3 is 2.30 bits per heavy atom. The first kappa shape index (κ1) is 21.0. The molecule has 158 valence electrons. The first-order valence-corrected chi connectivity index (χ1v) is 12.5. The molecular formula is C23H27N3O2S2. The molecule has 0 aliphatic carbocycles. The first-order chi connectivity index (χ1) is 14.3. The van der Waals surface area contributed by atoms with Crippen LogP contribution in [0.4, 0.5) is 5.13 Å². The third kappa shape index (κ3) is 4.43. The van der Waals surface area contributed by atoms with Crippen molar-refractivity contribution in [3.63, 3.8) is 0 Å². The van der Waals surface area contributed by atoms with E-state index >= 15 is 0 Å². The highest BCUT2D eigenvalue weighted by molar-refractivity contribution is 7.89. The average molecular weight is 442 g/mol. The molecule has 0 unspecified atom stereocenters. The van der Waals surface area contributed by atoms with Crippen molar-refractivity contribution < 1.29 is 8.42 Å². The van der Waals surface area contributed by atoms with E-state index in [9.17, 15) is 8.42 Å². The number of piperazine rings is 1. The molecular weight excluding hydrogens is 414 g/mol. The second kappa shape index (κ2) is 8.49. The predicted molar refractivity (Wildman–Crippen MR) is 123 cm³/mol. The summed E-state index contributed by atoms with van der Waals surface area (Å²) in [5.74, 6) is 0. The number of thiazole rings is 1. The van der Waals surface area contributed by atoms with E-state index in [-0.39, 0.29) is 0 Å². The molecule has 7 heteroatoms. The van der Waals surface area contributed by atoms with Gasteiger partial charge in [-0.3, -0.25) is 0 Å². The summed E-state index contributed by atoms with van der Waals surface area (Å²) in [4.78, 5) is 7.37. The zero-order chi connectivity index (χ0) is 21.3. The Morgan fingerprint density at radius 1 is 0.933 bits per heavy atom. The number of aryl methyl sites for hydroxylation is 3. The van der Waals surface area contributed by atoms with Gasteiger partial charge in [-0.1, -0.05) is 35.9 Å². The summed E-state index contributed by atoms with van der Waals surface area (Å²) in [6, 6.07) is 13.6. The topological polar surface area (TPSA) is 53.5 Å². The van der Waals surface area contributed by atoms with Gasteiger partial charge < -0.3 is 4.90 Å². The fourth-order valence-electron chi connectivity index (χ4n) is 3.62. The smallest absolute Gasteiger partial charge is 0.243 e. The molecule has 1 aliphatic heterocycles. The number of hydrogen-bond donors (Lipinski definition) is 0. The maximum Gasteiger partial charge on any atom is 0.243 e. The molecule has 0 amide bonds. The Labute approximate surface area is 183 Å². The zero-order valence-electron chi connectivity index (χ0n) is 17.6. The van der Waals surface area contributed by atoms with Gasteiger partial charge in [0.2, 0.25) is 10.0 Å². The molecule has 0 bridgehead atoms.